The highest BCUT2D eigenvalue weighted by Gasteiger charge is 2.27. The smallest absolute Gasteiger partial charge is 0.327 e. The maximum atomic E-state index is 13.0. The van der Waals surface area contributed by atoms with Crippen LogP contribution < -0.4 is 14.2 Å². The van der Waals surface area contributed by atoms with Gasteiger partial charge in [0.2, 0.25) is 15.8 Å². The summed E-state index contributed by atoms with van der Waals surface area (Å²) in [5.74, 6) is -1.83. The van der Waals surface area contributed by atoms with Gasteiger partial charge in [0.15, 0.2) is 6.61 Å². The summed E-state index contributed by atoms with van der Waals surface area (Å²) in [5.41, 5.74) is 0.0945. The average molecular weight is 441 g/mol. The Morgan fingerprint density at radius 3 is 2.33 bits per heavy atom. The first kappa shape index (κ1) is 23.3. The van der Waals surface area contributed by atoms with Crippen molar-refractivity contribution in [3.05, 3.63) is 53.8 Å². The number of ether oxygens (including phenoxy) is 3. The van der Waals surface area contributed by atoms with E-state index >= 15 is 0 Å². The predicted octanol–water partition coefficient (Wildman–Crippen LogP) is 0.908. The van der Waals surface area contributed by atoms with Gasteiger partial charge in [0.25, 0.3) is 0 Å². The van der Waals surface area contributed by atoms with Crippen molar-refractivity contribution in [2.24, 2.45) is 0 Å². The Bertz CT molecular complexity index is 1010. The second kappa shape index (κ2) is 10.1. The quantitative estimate of drug-likeness (QED) is 0.411. The van der Waals surface area contributed by atoms with E-state index in [-0.39, 0.29) is 16.2 Å². The Morgan fingerprint density at radius 1 is 1.10 bits per heavy atom. The molecule has 1 atom stereocenters. The van der Waals surface area contributed by atoms with E-state index in [2.05, 4.69) is 0 Å². The predicted molar refractivity (Wildman–Crippen MR) is 102 cm³/mol. The molecule has 30 heavy (non-hydrogen) atoms. The molecule has 0 saturated heterocycles. The molecule has 9 nitrogen and oxygen atoms in total. The second-order valence-electron chi connectivity index (χ2n) is 5.91. The molecule has 0 amide bonds. The van der Waals surface area contributed by atoms with Crippen LogP contribution in [0.4, 0.5) is 4.39 Å². The van der Waals surface area contributed by atoms with Crippen molar-refractivity contribution in [2.75, 3.05) is 27.4 Å². The number of hydrogen-bond acceptors (Lipinski definition) is 8. The molecule has 11 heteroatoms. The number of benzene rings is 2. The van der Waals surface area contributed by atoms with E-state index in [1.54, 1.807) is 6.07 Å². The zero-order chi connectivity index (χ0) is 22.3. The van der Waals surface area contributed by atoms with Crippen LogP contribution in [0.25, 0.3) is 0 Å². The molecule has 0 fully saturated rings. The number of carbonyl (C=O) groups is 2. The molecule has 2 rings (SSSR count). The van der Waals surface area contributed by atoms with Crippen molar-refractivity contribution >= 4 is 21.8 Å². The Hall–Kier alpha value is -3.02. The van der Waals surface area contributed by atoms with Crippen molar-refractivity contribution < 1.29 is 41.7 Å². The normalized spacial score (nSPS) is 12.1. The number of ketones is 1. The number of aliphatic hydroxyl groups excluding tert-OH is 1. The molecule has 0 unspecified atom stereocenters. The van der Waals surface area contributed by atoms with Gasteiger partial charge in [-0.3, -0.25) is 9.59 Å². The summed E-state index contributed by atoms with van der Waals surface area (Å²) in [6.07, 6.45) is 0. The third-order valence-corrected chi connectivity index (χ3v) is 5.43. The summed E-state index contributed by atoms with van der Waals surface area (Å²) < 4.78 is 54.5. The zero-order valence-electron chi connectivity index (χ0n) is 16.1. The van der Waals surface area contributed by atoms with E-state index in [1.807, 2.05) is 4.72 Å². The lowest BCUT2D eigenvalue weighted by Crippen LogP contribution is -2.44. The van der Waals surface area contributed by atoms with Crippen LogP contribution in [0.1, 0.15) is 10.4 Å². The van der Waals surface area contributed by atoms with Gasteiger partial charge >= 0.3 is 5.97 Å². The zero-order valence-corrected chi connectivity index (χ0v) is 16.9. The fourth-order valence-electron chi connectivity index (χ4n) is 2.38. The van der Waals surface area contributed by atoms with Gasteiger partial charge < -0.3 is 19.3 Å². The Balaban J connectivity index is 2.07. The molecule has 0 heterocycles. The van der Waals surface area contributed by atoms with Gasteiger partial charge in [-0.1, -0.05) is 0 Å². The molecule has 0 spiro atoms. The number of carbonyl (C=O) groups excluding carboxylic acids is 2. The highest BCUT2D eigenvalue weighted by molar-refractivity contribution is 7.89. The molecule has 0 radical (unpaired) electrons. The van der Waals surface area contributed by atoms with Crippen molar-refractivity contribution in [3.63, 3.8) is 0 Å². The number of esters is 1. The first-order valence-corrected chi connectivity index (χ1v) is 10.0. The molecule has 0 aliphatic heterocycles. The van der Waals surface area contributed by atoms with E-state index in [9.17, 15) is 27.5 Å². The lowest BCUT2D eigenvalue weighted by molar-refractivity contribution is -0.145. The van der Waals surface area contributed by atoms with Gasteiger partial charge in [-0.05, 0) is 42.5 Å². The number of nitrogens with one attached hydrogen (secondary N) is 1. The van der Waals surface area contributed by atoms with E-state index in [0.29, 0.717) is 5.75 Å². The summed E-state index contributed by atoms with van der Waals surface area (Å²) in [7, 11) is -1.47. The topological polar surface area (TPSA) is 128 Å². The molecule has 162 valence electrons. The average Bonchev–Trinajstić information content (AvgIpc) is 2.75. The Labute approximate surface area is 172 Å². The Morgan fingerprint density at radius 2 is 1.77 bits per heavy atom. The minimum Gasteiger partial charge on any atom is -0.497 e. The van der Waals surface area contributed by atoms with Crippen LogP contribution in [0.3, 0.4) is 0 Å². The molecule has 0 bridgehead atoms. The molecule has 0 aliphatic carbocycles. The summed E-state index contributed by atoms with van der Waals surface area (Å²) >= 11 is 0. The lowest BCUT2D eigenvalue weighted by atomic mass is 10.1. The van der Waals surface area contributed by atoms with Crippen LogP contribution in [0.2, 0.25) is 0 Å². The lowest BCUT2D eigenvalue weighted by Gasteiger charge is -2.16. The summed E-state index contributed by atoms with van der Waals surface area (Å²) in [6.45, 7) is -1.65. The van der Waals surface area contributed by atoms with E-state index in [0.717, 1.165) is 24.3 Å². The summed E-state index contributed by atoms with van der Waals surface area (Å²) in [6, 6.07) is 6.67. The van der Waals surface area contributed by atoms with Crippen molar-refractivity contribution in [2.45, 2.75) is 10.9 Å². The molecule has 2 N–H and O–H groups in total. The van der Waals surface area contributed by atoms with Gasteiger partial charge in [0, 0.05) is 0 Å². The highest BCUT2D eigenvalue weighted by Crippen LogP contribution is 2.24. The first-order chi connectivity index (χ1) is 14.2. The first-order valence-electron chi connectivity index (χ1n) is 8.52. The van der Waals surface area contributed by atoms with Crippen LogP contribution in [0, 0.1) is 5.82 Å². The van der Waals surface area contributed by atoms with E-state index in [1.165, 1.54) is 26.4 Å². The van der Waals surface area contributed by atoms with Crippen LogP contribution >= 0.6 is 0 Å². The van der Waals surface area contributed by atoms with Gasteiger partial charge in [-0.25, -0.2) is 12.8 Å². The van der Waals surface area contributed by atoms with E-state index < -0.39 is 46.8 Å². The summed E-state index contributed by atoms with van der Waals surface area (Å²) in [5, 5.41) is 9.37. The molecular formula is C19H20FNO8S. The number of sulfonamides is 1. The van der Waals surface area contributed by atoms with E-state index in [4.69, 9.17) is 14.2 Å². The number of Topliss-reactive ketones (excluding diaryl/α,β-unsaturated/α-hetero) is 1. The number of hydrogen-bond donors (Lipinski definition) is 2. The van der Waals surface area contributed by atoms with Crippen LogP contribution in [-0.2, 0) is 19.6 Å². The van der Waals surface area contributed by atoms with Gasteiger partial charge in [-0.2, -0.15) is 4.72 Å². The Kier molecular flexibility index (Phi) is 7.86. The highest BCUT2D eigenvalue weighted by atomic mass is 32.2. The number of halogens is 1. The van der Waals surface area contributed by atoms with Crippen LogP contribution in [-0.4, -0.2) is 58.8 Å². The third kappa shape index (κ3) is 5.75. The van der Waals surface area contributed by atoms with Crippen LogP contribution in [0.15, 0.2) is 47.4 Å². The molecule has 2 aromatic carbocycles. The number of rotatable bonds is 10. The van der Waals surface area contributed by atoms with Gasteiger partial charge in [0.1, 0.15) is 23.4 Å². The van der Waals surface area contributed by atoms with Crippen molar-refractivity contribution in [1.29, 1.82) is 0 Å². The maximum absolute atomic E-state index is 13.0. The molecule has 2 aromatic rings. The molecular weight excluding hydrogens is 421 g/mol. The van der Waals surface area contributed by atoms with Crippen LogP contribution in [0.5, 0.6) is 11.5 Å². The molecule has 0 aliphatic rings. The van der Waals surface area contributed by atoms with Crippen molar-refractivity contribution in [1.82, 2.24) is 4.72 Å². The van der Waals surface area contributed by atoms with Gasteiger partial charge in [-0.15, -0.1) is 0 Å². The fourth-order valence-corrected chi connectivity index (χ4v) is 3.55. The largest absolute Gasteiger partial charge is 0.497 e. The fraction of sp³-hybridized carbons (Fsp3) is 0.263. The molecule has 0 aromatic heterocycles. The minimum atomic E-state index is -4.24. The second-order valence-corrected chi connectivity index (χ2v) is 7.62. The SMILES string of the molecule is COc1ccc(OC)c(C(=O)COC(=O)[C@H](CO)NS(=O)(=O)c2ccc(F)cc2)c1. The minimum absolute atomic E-state index is 0.0945. The maximum Gasteiger partial charge on any atom is 0.327 e. The van der Waals surface area contributed by atoms with Gasteiger partial charge in [0.05, 0.1) is 31.3 Å². The summed E-state index contributed by atoms with van der Waals surface area (Å²) in [4.78, 5) is 24.3. The molecule has 0 saturated carbocycles. The third-order valence-electron chi connectivity index (χ3n) is 3.94. The monoisotopic (exact) mass is 441 g/mol. The number of methoxy groups -OCH3 is 2. The standard InChI is InChI=1S/C19H20FNO8S/c1-27-13-5-8-18(28-2)15(9-13)17(23)11-29-19(24)16(10-22)21-30(25,26)14-6-3-12(20)4-7-14/h3-9,16,21-22H,10-11H2,1-2H3/t16-/m0/s1. The number of aliphatic hydroxyl groups is 1. The van der Waals surface area contributed by atoms with Crippen molar-refractivity contribution in [3.8, 4) is 11.5 Å².